The quantitative estimate of drug-likeness (QED) is 0.342. The van der Waals surface area contributed by atoms with Crippen LogP contribution in [0.25, 0.3) is 0 Å². The van der Waals surface area contributed by atoms with Crippen LogP contribution in [0.4, 0.5) is 3.89 Å². The maximum Gasteiger partial charge on any atom is 0.114 e. The molecule has 0 N–H and O–H groups in total. The van der Waals surface area contributed by atoms with Crippen LogP contribution in [0.15, 0.2) is 5.16 Å². The summed E-state index contributed by atoms with van der Waals surface area (Å²) in [5.74, 6) is 0.367. The Balaban J connectivity index is 0. The first-order valence-corrected chi connectivity index (χ1v) is 6.33. The number of nitrogens with zero attached hydrogens (tertiary/aromatic N) is 1. The summed E-state index contributed by atoms with van der Waals surface area (Å²) in [5, 5.41) is 3.59. The number of hydrogen-bond acceptors (Lipinski definition) is 5. The van der Waals surface area contributed by atoms with E-state index < -0.39 is 0 Å². The lowest BCUT2D eigenvalue weighted by Gasteiger charge is -2.01. The van der Waals surface area contributed by atoms with Crippen molar-refractivity contribution in [2.45, 2.75) is 20.8 Å². The lowest BCUT2D eigenvalue weighted by atomic mass is 10.7. The molecule has 0 radical (unpaired) electrons. The van der Waals surface area contributed by atoms with Gasteiger partial charge in [0.1, 0.15) is 6.61 Å². The van der Waals surface area contributed by atoms with Gasteiger partial charge in [-0.3, -0.25) is 0 Å². The molecule has 0 fully saturated rings. The van der Waals surface area contributed by atoms with Crippen LogP contribution in [0.2, 0.25) is 0 Å². The molecular formula is C10H22FNO3S. The van der Waals surface area contributed by atoms with Gasteiger partial charge in [0.15, 0.2) is 0 Å². The fourth-order valence-electron chi connectivity index (χ4n) is 0.604. The van der Waals surface area contributed by atoms with Crippen LogP contribution in [0.5, 0.6) is 0 Å². The summed E-state index contributed by atoms with van der Waals surface area (Å²) >= 11 is 0.275. The smallest absolute Gasteiger partial charge is 0.114 e. The number of ether oxygens (including phenoxy) is 2. The second-order valence-electron chi connectivity index (χ2n) is 2.21. The predicted octanol–water partition coefficient (Wildman–Crippen LogP) is 2.69. The standard InChI is InChI=1S/C8H16FNO3S.C2H6/c1-2-13-10-3-4-11-5-6-12-7-8-14-9;1-2/h3H,2,4-8H2,1H3;1-2H3/b10-3+;. The minimum atomic E-state index is 0.275. The summed E-state index contributed by atoms with van der Waals surface area (Å²) in [4.78, 5) is 4.71. The van der Waals surface area contributed by atoms with E-state index in [0.717, 1.165) is 0 Å². The van der Waals surface area contributed by atoms with Crippen molar-refractivity contribution < 1.29 is 18.2 Å². The number of halogens is 1. The summed E-state index contributed by atoms with van der Waals surface area (Å²) in [6, 6.07) is 0. The number of hydrogen-bond donors (Lipinski definition) is 0. The highest BCUT2D eigenvalue weighted by atomic mass is 32.2. The van der Waals surface area contributed by atoms with Gasteiger partial charge in [-0.2, -0.15) is 3.89 Å². The monoisotopic (exact) mass is 255 g/mol. The second kappa shape index (κ2) is 20.1. The molecule has 0 atom stereocenters. The van der Waals surface area contributed by atoms with E-state index in [9.17, 15) is 3.89 Å². The third-order valence-corrected chi connectivity index (χ3v) is 1.47. The molecule has 0 saturated heterocycles. The molecule has 0 aliphatic heterocycles. The van der Waals surface area contributed by atoms with Gasteiger partial charge in [0, 0.05) is 17.9 Å². The lowest BCUT2D eigenvalue weighted by Crippen LogP contribution is -2.07. The minimum Gasteiger partial charge on any atom is -0.396 e. The van der Waals surface area contributed by atoms with E-state index in [1.165, 1.54) is 0 Å². The van der Waals surface area contributed by atoms with Gasteiger partial charge in [0.2, 0.25) is 0 Å². The normalized spacial score (nSPS) is 10.0. The van der Waals surface area contributed by atoms with Crippen molar-refractivity contribution in [3.8, 4) is 0 Å². The molecule has 0 amide bonds. The fourth-order valence-corrected chi connectivity index (χ4v) is 0.785. The molecule has 0 rings (SSSR count). The Morgan fingerprint density at radius 2 is 1.88 bits per heavy atom. The van der Waals surface area contributed by atoms with Crippen molar-refractivity contribution in [2.75, 3.05) is 38.8 Å². The summed E-state index contributed by atoms with van der Waals surface area (Å²) in [6.45, 7) is 8.19. The van der Waals surface area contributed by atoms with Crippen molar-refractivity contribution in [1.29, 1.82) is 0 Å². The Kier molecular flexibility index (Phi) is 22.7. The highest BCUT2D eigenvalue weighted by Gasteiger charge is 1.89. The van der Waals surface area contributed by atoms with Gasteiger partial charge in [-0.25, -0.2) is 0 Å². The highest BCUT2D eigenvalue weighted by Crippen LogP contribution is 1.97. The zero-order chi connectivity index (χ0) is 12.5. The minimum absolute atomic E-state index is 0.275. The summed E-state index contributed by atoms with van der Waals surface area (Å²) < 4.78 is 21.7. The van der Waals surface area contributed by atoms with Crippen molar-refractivity contribution in [3.05, 3.63) is 0 Å². The Labute approximate surface area is 102 Å². The van der Waals surface area contributed by atoms with Crippen LogP contribution in [-0.4, -0.2) is 45.0 Å². The Bertz CT molecular complexity index is 139. The van der Waals surface area contributed by atoms with Gasteiger partial charge >= 0.3 is 0 Å². The first-order chi connectivity index (χ1) is 7.91. The molecule has 0 saturated carbocycles. The summed E-state index contributed by atoms with van der Waals surface area (Å²) in [6.07, 6.45) is 1.54. The molecule has 0 bridgehead atoms. The zero-order valence-electron chi connectivity index (χ0n) is 10.3. The molecule has 98 valence electrons. The SMILES string of the molecule is CC.CCO/N=C/COCCOCCSF. The molecule has 6 heteroatoms. The molecule has 0 aliphatic carbocycles. The van der Waals surface area contributed by atoms with Gasteiger partial charge < -0.3 is 14.3 Å². The Morgan fingerprint density at radius 3 is 2.50 bits per heavy atom. The van der Waals surface area contributed by atoms with Crippen molar-refractivity contribution in [2.24, 2.45) is 5.16 Å². The molecule has 0 aromatic rings. The average Bonchev–Trinajstić information content (AvgIpc) is 2.34. The first kappa shape index (κ1) is 18.0. The van der Waals surface area contributed by atoms with Gasteiger partial charge in [0.25, 0.3) is 0 Å². The molecule has 0 aromatic heterocycles. The van der Waals surface area contributed by atoms with Crippen LogP contribution in [-0.2, 0) is 14.3 Å². The van der Waals surface area contributed by atoms with Crippen molar-refractivity contribution in [3.63, 3.8) is 0 Å². The number of rotatable bonds is 10. The predicted molar refractivity (Wildman–Crippen MR) is 66.7 cm³/mol. The van der Waals surface area contributed by atoms with Gasteiger partial charge in [-0.15, -0.1) is 0 Å². The van der Waals surface area contributed by atoms with Gasteiger partial charge in [-0.1, -0.05) is 19.0 Å². The summed E-state index contributed by atoms with van der Waals surface area (Å²) in [7, 11) is 0. The van der Waals surface area contributed by atoms with Gasteiger partial charge in [-0.05, 0) is 6.92 Å². The van der Waals surface area contributed by atoms with E-state index in [1.54, 1.807) is 6.21 Å². The Hall–Kier alpha value is -0.330. The van der Waals surface area contributed by atoms with Crippen molar-refractivity contribution in [1.82, 2.24) is 0 Å². The Morgan fingerprint density at radius 1 is 1.19 bits per heavy atom. The maximum atomic E-state index is 11.5. The van der Waals surface area contributed by atoms with E-state index in [1.807, 2.05) is 20.8 Å². The molecule has 0 aromatic carbocycles. The fraction of sp³-hybridized carbons (Fsp3) is 0.900. The van der Waals surface area contributed by atoms with Crippen molar-refractivity contribution >= 4 is 18.4 Å². The third kappa shape index (κ3) is 19.3. The van der Waals surface area contributed by atoms with E-state index in [2.05, 4.69) is 5.16 Å². The second-order valence-corrected chi connectivity index (χ2v) is 2.83. The number of oxime groups is 1. The first-order valence-electron chi connectivity index (χ1n) is 5.44. The average molecular weight is 255 g/mol. The molecule has 0 heterocycles. The van der Waals surface area contributed by atoms with Crippen LogP contribution < -0.4 is 0 Å². The lowest BCUT2D eigenvalue weighted by molar-refractivity contribution is 0.0686. The molecule has 0 aliphatic rings. The van der Waals surface area contributed by atoms with E-state index in [-0.39, 0.29) is 12.1 Å². The maximum absolute atomic E-state index is 11.5. The van der Waals surface area contributed by atoms with E-state index in [0.29, 0.717) is 38.8 Å². The molecular weight excluding hydrogens is 233 g/mol. The highest BCUT2D eigenvalue weighted by molar-refractivity contribution is 7.94. The van der Waals surface area contributed by atoms with E-state index >= 15 is 0 Å². The van der Waals surface area contributed by atoms with E-state index in [4.69, 9.17) is 14.3 Å². The third-order valence-electron chi connectivity index (χ3n) is 1.15. The van der Waals surface area contributed by atoms with Crippen LogP contribution >= 0.6 is 12.1 Å². The molecule has 0 unspecified atom stereocenters. The van der Waals surface area contributed by atoms with Crippen LogP contribution in [0.1, 0.15) is 20.8 Å². The molecule has 0 spiro atoms. The van der Waals surface area contributed by atoms with Gasteiger partial charge in [0.05, 0.1) is 32.6 Å². The zero-order valence-corrected chi connectivity index (χ0v) is 11.1. The molecule has 4 nitrogen and oxygen atoms in total. The van der Waals surface area contributed by atoms with Crippen LogP contribution in [0.3, 0.4) is 0 Å². The topological polar surface area (TPSA) is 40.0 Å². The largest absolute Gasteiger partial charge is 0.396 e. The van der Waals surface area contributed by atoms with Crippen LogP contribution in [0, 0.1) is 0 Å². The molecule has 16 heavy (non-hydrogen) atoms. The summed E-state index contributed by atoms with van der Waals surface area (Å²) in [5.41, 5.74) is 0.